The van der Waals surface area contributed by atoms with Crippen LogP contribution in [0.25, 0.3) is 0 Å². The zero-order chi connectivity index (χ0) is 21.8. The molecule has 0 radical (unpaired) electrons. The Morgan fingerprint density at radius 2 is 1.23 bits per heavy atom. The number of hydrogen-bond acceptors (Lipinski definition) is 5. The van der Waals surface area contributed by atoms with Crippen LogP contribution in [0, 0.1) is 0 Å². The Morgan fingerprint density at radius 1 is 0.767 bits per heavy atom. The highest BCUT2D eigenvalue weighted by Gasteiger charge is 2.16. The van der Waals surface area contributed by atoms with E-state index < -0.39 is 0 Å². The molecule has 30 heavy (non-hydrogen) atoms. The number of thiocarbonyl (C=S) groups is 2. The molecule has 0 aliphatic rings. The van der Waals surface area contributed by atoms with Gasteiger partial charge in [0, 0.05) is 24.2 Å². The summed E-state index contributed by atoms with van der Waals surface area (Å²) in [5.41, 5.74) is 8.69. The first kappa shape index (κ1) is 23.2. The van der Waals surface area contributed by atoms with E-state index in [1.165, 1.54) is 0 Å². The van der Waals surface area contributed by atoms with Gasteiger partial charge in [0.15, 0.2) is 10.2 Å². The van der Waals surface area contributed by atoms with Gasteiger partial charge in [0.25, 0.3) is 0 Å². The van der Waals surface area contributed by atoms with Crippen LogP contribution in [0.2, 0.25) is 0 Å². The predicted octanol–water partition coefficient (Wildman–Crippen LogP) is 2.77. The zero-order valence-corrected chi connectivity index (χ0v) is 18.9. The van der Waals surface area contributed by atoms with Gasteiger partial charge < -0.3 is 15.4 Å². The Labute approximate surface area is 188 Å². The molecular weight excluding hydrogens is 416 g/mol. The van der Waals surface area contributed by atoms with Gasteiger partial charge in [0.1, 0.15) is 17.2 Å². The van der Waals surface area contributed by atoms with Gasteiger partial charge in [-0.1, -0.05) is 30.3 Å². The highest BCUT2D eigenvalue weighted by Crippen LogP contribution is 2.15. The number of hydrogen-bond donors (Lipinski definition) is 4. The lowest BCUT2D eigenvalue weighted by atomic mass is 10.00. The topological polar surface area (TPSA) is 82.1 Å². The van der Waals surface area contributed by atoms with Gasteiger partial charge in [-0.15, -0.1) is 0 Å². The minimum Gasteiger partial charge on any atom is -0.497 e. The van der Waals surface area contributed by atoms with Crippen LogP contribution in [0.5, 0.6) is 5.75 Å². The number of nitrogens with zero attached hydrogens (tertiary/aromatic N) is 2. The molecule has 0 fully saturated rings. The molecule has 0 aromatic heterocycles. The van der Waals surface area contributed by atoms with Crippen molar-refractivity contribution < 1.29 is 4.74 Å². The lowest BCUT2D eigenvalue weighted by molar-refractivity contribution is 0.415. The molecule has 0 aliphatic heterocycles. The van der Waals surface area contributed by atoms with E-state index in [4.69, 9.17) is 29.2 Å². The number of nitrogens with one attached hydrogen (secondary N) is 4. The molecule has 0 atom stereocenters. The summed E-state index contributed by atoms with van der Waals surface area (Å²) in [6, 6.07) is 17.3. The minimum atomic E-state index is 0.423. The van der Waals surface area contributed by atoms with Crippen LogP contribution in [0.4, 0.5) is 0 Å². The first-order chi connectivity index (χ1) is 14.6. The van der Waals surface area contributed by atoms with E-state index in [0.717, 1.165) is 16.9 Å². The summed E-state index contributed by atoms with van der Waals surface area (Å²) in [6.07, 6.45) is 0. The summed E-state index contributed by atoms with van der Waals surface area (Å²) in [7, 11) is 1.63. The van der Waals surface area contributed by atoms with E-state index in [1.54, 1.807) is 7.11 Å². The maximum absolute atomic E-state index is 5.28. The average molecular weight is 443 g/mol. The van der Waals surface area contributed by atoms with Crippen molar-refractivity contribution in [3.05, 3.63) is 65.7 Å². The highest BCUT2D eigenvalue weighted by atomic mass is 32.1. The second-order valence-corrected chi connectivity index (χ2v) is 6.77. The van der Waals surface area contributed by atoms with Crippen molar-refractivity contribution >= 4 is 46.1 Å². The SMILES string of the molecule is CCNC(=S)NN=C(C(=NNC(=S)NCC)c1ccc(OC)cc1)c1ccccc1. The van der Waals surface area contributed by atoms with Gasteiger partial charge in [-0.2, -0.15) is 10.2 Å². The summed E-state index contributed by atoms with van der Waals surface area (Å²) in [5, 5.41) is 16.0. The smallest absolute Gasteiger partial charge is 0.186 e. The van der Waals surface area contributed by atoms with Crippen molar-refractivity contribution in [2.75, 3.05) is 20.2 Å². The van der Waals surface area contributed by atoms with Gasteiger partial charge in [0.2, 0.25) is 0 Å². The molecule has 2 rings (SSSR count). The molecule has 2 aromatic carbocycles. The summed E-state index contributed by atoms with van der Waals surface area (Å²) in [6.45, 7) is 5.31. The second-order valence-electron chi connectivity index (χ2n) is 5.96. The van der Waals surface area contributed by atoms with Crippen LogP contribution in [-0.4, -0.2) is 41.8 Å². The summed E-state index contributed by atoms with van der Waals surface area (Å²) in [4.78, 5) is 0. The molecule has 4 N–H and O–H groups in total. The van der Waals surface area contributed by atoms with Crippen molar-refractivity contribution in [2.24, 2.45) is 10.2 Å². The fourth-order valence-corrected chi connectivity index (χ4v) is 2.85. The fourth-order valence-electron chi connectivity index (χ4n) is 2.47. The maximum atomic E-state index is 5.28. The van der Waals surface area contributed by atoms with Crippen molar-refractivity contribution in [3.8, 4) is 5.75 Å². The van der Waals surface area contributed by atoms with E-state index in [9.17, 15) is 0 Å². The standard InChI is InChI=1S/C21H26N6OS2/c1-4-22-20(29)26-24-18(15-9-7-6-8-10-15)19(25-27-21(30)23-5-2)16-11-13-17(28-3)14-12-16/h6-14H,4-5H2,1-3H3,(H2,22,26,29)(H2,23,27,30). The number of ether oxygens (including phenoxy) is 1. The highest BCUT2D eigenvalue weighted by molar-refractivity contribution is 7.80. The molecule has 0 bridgehead atoms. The van der Waals surface area contributed by atoms with Crippen LogP contribution in [0.15, 0.2) is 64.8 Å². The molecule has 158 valence electrons. The Morgan fingerprint density at radius 3 is 1.67 bits per heavy atom. The van der Waals surface area contributed by atoms with Crippen LogP contribution < -0.4 is 26.2 Å². The molecule has 0 amide bonds. The van der Waals surface area contributed by atoms with Crippen molar-refractivity contribution in [2.45, 2.75) is 13.8 Å². The molecule has 7 nitrogen and oxygen atoms in total. The number of benzene rings is 2. The van der Waals surface area contributed by atoms with E-state index in [2.05, 4.69) is 31.7 Å². The first-order valence-electron chi connectivity index (χ1n) is 9.52. The molecule has 0 saturated carbocycles. The molecule has 0 saturated heterocycles. The molecule has 0 aliphatic carbocycles. The van der Waals surface area contributed by atoms with Crippen molar-refractivity contribution in [1.82, 2.24) is 21.5 Å². The van der Waals surface area contributed by atoms with Crippen molar-refractivity contribution in [1.29, 1.82) is 0 Å². The van der Waals surface area contributed by atoms with Crippen LogP contribution in [-0.2, 0) is 0 Å². The summed E-state index contributed by atoms with van der Waals surface area (Å²) >= 11 is 10.5. The summed E-state index contributed by atoms with van der Waals surface area (Å²) < 4.78 is 5.28. The fraction of sp³-hybridized carbons (Fsp3) is 0.238. The van der Waals surface area contributed by atoms with E-state index >= 15 is 0 Å². The molecule has 0 heterocycles. The third kappa shape index (κ3) is 7.09. The minimum absolute atomic E-state index is 0.423. The molecule has 0 unspecified atom stereocenters. The maximum Gasteiger partial charge on any atom is 0.186 e. The monoisotopic (exact) mass is 442 g/mol. The van der Waals surface area contributed by atoms with Crippen LogP contribution >= 0.6 is 24.4 Å². The zero-order valence-electron chi connectivity index (χ0n) is 17.2. The Balaban J connectivity index is 2.52. The largest absolute Gasteiger partial charge is 0.497 e. The Kier molecular flexibility index (Phi) is 9.69. The quantitative estimate of drug-likeness (QED) is 0.284. The number of rotatable bonds is 8. The van der Waals surface area contributed by atoms with E-state index in [1.807, 2.05) is 68.4 Å². The van der Waals surface area contributed by atoms with Crippen LogP contribution in [0.1, 0.15) is 25.0 Å². The van der Waals surface area contributed by atoms with Gasteiger partial charge in [0.05, 0.1) is 7.11 Å². The molecule has 2 aromatic rings. The van der Waals surface area contributed by atoms with Gasteiger partial charge >= 0.3 is 0 Å². The first-order valence-corrected chi connectivity index (χ1v) is 10.3. The summed E-state index contributed by atoms with van der Waals surface area (Å²) in [5.74, 6) is 0.749. The van der Waals surface area contributed by atoms with E-state index in [0.29, 0.717) is 34.7 Å². The number of hydrazone groups is 2. The average Bonchev–Trinajstić information content (AvgIpc) is 2.77. The number of methoxy groups -OCH3 is 1. The van der Waals surface area contributed by atoms with Gasteiger partial charge in [-0.3, -0.25) is 10.9 Å². The molecule has 0 spiro atoms. The van der Waals surface area contributed by atoms with E-state index in [-0.39, 0.29) is 0 Å². The lowest BCUT2D eigenvalue weighted by Crippen LogP contribution is -2.35. The third-order valence-electron chi connectivity index (χ3n) is 3.85. The normalized spacial score (nSPS) is 11.4. The Bertz CT molecular complexity index is 897. The van der Waals surface area contributed by atoms with Gasteiger partial charge in [-0.05, 0) is 62.5 Å². The molecule has 9 heteroatoms. The lowest BCUT2D eigenvalue weighted by Gasteiger charge is -2.14. The van der Waals surface area contributed by atoms with Crippen LogP contribution in [0.3, 0.4) is 0 Å². The predicted molar refractivity (Wildman–Crippen MR) is 131 cm³/mol. The second kappa shape index (κ2) is 12.5. The van der Waals surface area contributed by atoms with Gasteiger partial charge in [-0.25, -0.2) is 0 Å². The van der Waals surface area contributed by atoms with Crippen molar-refractivity contribution in [3.63, 3.8) is 0 Å². The Hall–Kier alpha value is -3.04. The molecular formula is C21H26N6OS2. The third-order valence-corrected chi connectivity index (χ3v) is 4.32.